The van der Waals surface area contributed by atoms with Crippen molar-refractivity contribution in [2.75, 3.05) is 18.5 Å². The molecule has 3 N–H and O–H groups in total. The van der Waals surface area contributed by atoms with E-state index in [-0.39, 0.29) is 12.5 Å². The lowest BCUT2D eigenvalue weighted by molar-refractivity contribution is -0.146. The molecule has 0 radical (unpaired) electrons. The molecule has 0 aliphatic rings. The van der Waals surface area contributed by atoms with Crippen molar-refractivity contribution in [1.29, 1.82) is 0 Å². The lowest BCUT2D eigenvalue weighted by atomic mass is 10.3. The van der Waals surface area contributed by atoms with E-state index in [9.17, 15) is 9.59 Å². The Bertz CT molecular complexity index is 450. The lowest BCUT2D eigenvalue weighted by Gasteiger charge is -2.13. The summed E-state index contributed by atoms with van der Waals surface area (Å²) < 4.78 is 9.91. The molecular formula is C12H17N3O4. The minimum absolute atomic E-state index is 0.164. The summed E-state index contributed by atoms with van der Waals surface area (Å²) >= 11 is 0. The van der Waals surface area contributed by atoms with Gasteiger partial charge in [-0.1, -0.05) is 0 Å². The Morgan fingerprint density at radius 3 is 2.79 bits per heavy atom. The normalized spacial score (nSPS) is 11.5. The Hall–Kier alpha value is -2.15. The van der Waals surface area contributed by atoms with Crippen molar-refractivity contribution in [1.82, 2.24) is 4.98 Å². The molecule has 1 atom stereocenters. The largest absolute Gasteiger partial charge is 0.476 e. The summed E-state index contributed by atoms with van der Waals surface area (Å²) in [7, 11) is 0. The molecule has 104 valence electrons. The molecule has 7 nitrogen and oxygen atoms in total. The number of amides is 1. The van der Waals surface area contributed by atoms with E-state index in [0.29, 0.717) is 12.3 Å². The number of nitrogens with zero attached hydrogens (tertiary/aromatic N) is 1. The van der Waals surface area contributed by atoms with E-state index in [0.717, 1.165) is 0 Å². The van der Waals surface area contributed by atoms with Crippen LogP contribution in [-0.2, 0) is 14.3 Å². The SMILES string of the molecule is CCOC(=O)C(N)C(=O)Nc1cccnc1OCC. The van der Waals surface area contributed by atoms with Gasteiger partial charge in [0.15, 0.2) is 6.04 Å². The maximum absolute atomic E-state index is 11.8. The molecule has 0 bridgehead atoms. The third-order valence-electron chi connectivity index (χ3n) is 2.13. The number of aromatic nitrogens is 1. The van der Waals surface area contributed by atoms with Gasteiger partial charge >= 0.3 is 5.97 Å². The van der Waals surface area contributed by atoms with Crippen molar-refractivity contribution in [3.8, 4) is 5.88 Å². The van der Waals surface area contributed by atoms with E-state index in [1.807, 2.05) is 0 Å². The molecule has 1 amide bonds. The molecule has 7 heteroatoms. The Morgan fingerprint density at radius 1 is 1.42 bits per heavy atom. The van der Waals surface area contributed by atoms with Crippen LogP contribution in [0.2, 0.25) is 0 Å². The number of nitrogens with two attached hydrogens (primary N) is 1. The van der Waals surface area contributed by atoms with Crippen LogP contribution in [0.4, 0.5) is 5.69 Å². The quantitative estimate of drug-likeness (QED) is 0.568. The van der Waals surface area contributed by atoms with Gasteiger partial charge in [-0.15, -0.1) is 0 Å². The summed E-state index contributed by atoms with van der Waals surface area (Å²) in [6, 6.07) is 1.86. The Labute approximate surface area is 111 Å². The fourth-order valence-electron chi connectivity index (χ4n) is 1.29. The molecule has 1 aromatic heterocycles. The van der Waals surface area contributed by atoms with Crippen LogP contribution in [0.25, 0.3) is 0 Å². The van der Waals surface area contributed by atoms with Gasteiger partial charge in [0.05, 0.1) is 13.2 Å². The molecular weight excluding hydrogens is 250 g/mol. The number of anilines is 1. The number of carbonyl (C=O) groups excluding carboxylic acids is 2. The van der Waals surface area contributed by atoms with Gasteiger partial charge in [-0.2, -0.15) is 0 Å². The van der Waals surface area contributed by atoms with Crippen LogP contribution in [-0.4, -0.2) is 36.1 Å². The zero-order valence-corrected chi connectivity index (χ0v) is 10.9. The van der Waals surface area contributed by atoms with Gasteiger partial charge in [0, 0.05) is 6.20 Å². The Morgan fingerprint density at radius 2 is 2.16 bits per heavy atom. The standard InChI is InChI=1S/C12H17N3O4/c1-3-18-11-8(6-5-7-14-11)15-10(16)9(13)12(17)19-4-2/h5-7,9H,3-4,13H2,1-2H3,(H,15,16). The van der Waals surface area contributed by atoms with E-state index < -0.39 is 17.9 Å². The number of hydrogen-bond donors (Lipinski definition) is 2. The highest BCUT2D eigenvalue weighted by molar-refractivity contribution is 6.08. The molecule has 0 aromatic carbocycles. The predicted octanol–water partition coefficient (Wildman–Crippen LogP) is 0.309. The van der Waals surface area contributed by atoms with E-state index in [2.05, 4.69) is 15.0 Å². The summed E-state index contributed by atoms with van der Waals surface area (Å²) in [5.74, 6) is -1.18. The van der Waals surface area contributed by atoms with Gasteiger partial charge in [-0.05, 0) is 26.0 Å². The number of rotatable bonds is 6. The third kappa shape index (κ3) is 4.22. The van der Waals surface area contributed by atoms with Crippen molar-refractivity contribution in [3.63, 3.8) is 0 Å². The molecule has 0 saturated heterocycles. The van der Waals surface area contributed by atoms with Crippen molar-refractivity contribution in [2.45, 2.75) is 19.9 Å². The van der Waals surface area contributed by atoms with Crippen LogP contribution in [0.3, 0.4) is 0 Å². The van der Waals surface area contributed by atoms with Crippen LogP contribution in [0.1, 0.15) is 13.8 Å². The van der Waals surface area contributed by atoms with Crippen LogP contribution in [0, 0.1) is 0 Å². The molecule has 0 fully saturated rings. The number of ether oxygens (including phenoxy) is 2. The maximum atomic E-state index is 11.8. The van der Waals surface area contributed by atoms with Gasteiger partial charge < -0.3 is 20.5 Å². The summed E-state index contributed by atoms with van der Waals surface area (Å²) in [5.41, 5.74) is 5.83. The molecule has 0 aliphatic heterocycles. The van der Waals surface area contributed by atoms with Crippen LogP contribution in [0.5, 0.6) is 5.88 Å². The first-order valence-corrected chi connectivity index (χ1v) is 5.91. The minimum atomic E-state index is -1.38. The number of pyridine rings is 1. The van der Waals surface area contributed by atoms with E-state index >= 15 is 0 Å². The average Bonchev–Trinajstić information content (AvgIpc) is 2.40. The van der Waals surface area contributed by atoms with Gasteiger partial charge in [0.2, 0.25) is 5.88 Å². The number of carbonyl (C=O) groups is 2. The zero-order valence-electron chi connectivity index (χ0n) is 10.9. The van der Waals surface area contributed by atoms with Crippen LogP contribution < -0.4 is 15.8 Å². The average molecular weight is 267 g/mol. The highest BCUT2D eigenvalue weighted by atomic mass is 16.5. The van der Waals surface area contributed by atoms with Gasteiger partial charge in [0.1, 0.15) is 5.69 Å². The molecule has 1 unspecified atom stereocenters. The highest BCUT2D eigenvalue weighted by Gasteiger charge is 2.24. The van der Waals surface area contributed by atoms with Crippen molar-refractivity contribution < 1.29 is 19.1 Å². The Kier molecular flexibility index (Phi) is 5.74. The third-order valence-corrected chi connectivity index (χ3v) is 2.13. The summed E-state index contributed by atoms with van der Waals surface area (Å²) in [5, 5.41) is 2.48. The maximum Gasteiger partial charge on any atom is 0.332 e. The molecule has 0 saturated carbocycles. The molecule has 0 spiro atoms. The summed E-state index contributed by atoms with van der Waals surface area (Å²) in [4.78, 5) is 27.1. The second-order valence-electron chi connectivity index (χ2n) is 3.51. The van der Waals surface area contributed by atoms with Crippen LogP contribution in [0.15, 0.2) is 18.3 Å². The topological polar surface area (TPSA) is 104 Å². The fraction of sp³-hybridized carbons (Fsp3) is 0.417. The smallest absolute Gasteiger partial charge is 0.332 e. The first-order chi connectivity index (χ1) is 9.10. The first-order valence-electron chi connectivity index (χ1n) is 5.91. The monoisotopic (exact) mass is 267 g/mol. The molecule has 1 aromatic rings. The van der Waals surface area contributed by atoms with E-state index in [1.165, 1.54) is 6.20 Å². The minimum Gasteiger partial charge on any atom is -0.476 e. The second-order valence-corrected chi connectivity index (χ2v) is 3.51. The number of nitrogens with one attached hydrogen (secondary N) is 1. The van der Waals surface area contributed by atoms with Gasteiger partial charge in [-0.3, -0.25) is 4.79 Å². The molecule has 1 rings (SSSR count). The first kappa shape index (κ1) is 14.9. The second kappa shape index (κ2) is 7.32. The van der Waals surface area contributed by atoms with Gasteiger partial charge in [-0.25, -0.2) is 9.78 Å². The van der Waals surface area contributed by atoms with Gasteiger partial charge in [0.25, 0.3) is 5.91 Å². The molecule has 1 heterocycles. The summed E-state index contributed by atoms with van der Waals surface area (Å²) in [6.45, 7) is 4.00. The van der Waals surface area contributed by atoms with E-state index in [1.54, 1.807) is 26.0 Å². The zero-order chi connectivity index (χ0) is 14.3. The van der Waals surface area contributed by atoms with E-state index in [4.69, 9.17) is 10.5 Å². The van der Waals surface area contributed by atoms with Crippen molar-refractivity contribution in [2.24, 2.45) is 5.73 Å². The molecule has 19 heavy (non-hydrogen) atoms. The highest BCUT2D eigenvalue weighted by Crippen LogP contribution is 2.20. The number of esters is 1. The Balaban J connectivity index is 2.73. The fourth-order valence-corrected chi connectivity index (χ4v) is 1.29. The van der Waals surface area contributed by atoms with Crippen molar-refractivity contribution >= 4 is 17.6 Å². The number of hydrogen-bond acceptors (Lipinski definition) is 6. The van der Waals surface area contributed by atoms with Crippen LogP contribution >= 0.6 is 0 Å². The summed E-state index contributed by atoms with van der Waals surface area (Å²) in [6.07, 6.45) is 1.53. The molecule has 0 aliphatic carbocycles. The predicted molar refractivity (Wildman–Crippen MR) is 68.6 cm³/mol. The lowest BCUT2D eigenvalue weighted by Crippen LogP contribution is -2.43. The van der Waals surface area contributed by atoms with Crippen molar-refractivity contribution in [3.05, 3.63) is 18.3 Å².